The Hall–Kier alpha value is 0.391. The number of nitro groups is 1. The van der Waals surface area contributed by atoms with Crippen molar-refractivity contribution in [1.82, 2.24) is 0 Å². The van der Waals surface area contributed by atoms with Gasteiger partial charge in [-0.15, -0.1) is 0 Å². The molecule has 0 heterocycles. The molecule has 1 aromatic carbocycles. The van der Waals surface area contributed by atoms with Gasteiger partial charge in [0.1, 0.15) is 5.75 Å². The molecule has 17 heavy (non-hydrogen) atoms. The molecule has 0 fully saturated rings. The first-order valence-electron chi connectivity index (χ1n) is 4.07. The van der Waals surface area contributed by atoms with Crippen molar-refractivity contribution in [3.63, 3.8) is 0 Å². The summed E-state index contributed by atoms with van der Waals surface area (Å²) in [6.07, 6.45) is 0. The molecule has 0 unspecified atom stereocenters. The Balaban J connectivity index is 0.00000256. The predicted molar refractivity (Wildman–Crippen MR) is 55.4 cm³/mol. The molecule has 0 N–H and O–H groups in total. The zero-order chi connectivity index (χ0) is 12.3. The second-order valence-electron chi connectivity index (χ2n) is 2.89. The summed E-state index contributed by atoms with van der Waals surface area (Å²) in [5.74, 6) is -0.201. The van der Waals surface area contributed by atoms with E-state index in [0.717, 1.165) is 12.1 Å². The molecule has 0 amide bonds. The van der Waals surface area contributed by atoms with Crippen LogP contribution in [-0.4, -0.2) is 18.4 Å². The number of hydrogen-bond acceptors (Lipinski definition) is 3. The standard InChI is InChI=1S/C7H5BBrF3NO3.K/c9-6-2-1-5(13(14)15)3-7(6)16-4-8(10,11)12;/h1-3H,4H2;/q-1;+1. The summed E-state index contributed by atoms with van der Waals surface area (Å²) in [7, 11) is 0. The van der Waals surface area contributed by atoms with Gasteiger partial charge in [-0.25, -0.2) is 0 Å². The van der Waals surface area contributed by atoms with E-state index in [0.29, 0.717) is 0 Å². The van der Waals surface area contributed by atoms with E-state index in [4.69, 9.17) is 0 Å². The number of non-ortho nitro benzene ring substituents is 1. The fraction of sp³-hybridized carbons (Fsp3) is 0.143. The van der Waals surface area contributed by atoms with Crippen LogP contribution in [0.25, 0.3) is 0 Å². The maximum Gasteiger partial charge on any atom is 1.00 e. The van der Waals surface area contributed by atoms with E-state index in [-0.39, 0.29) is 67.3 Å². The number of nitrogens with zero attached hydrogens (tertiary/aromatic N) is 1. The molecule has 0 saturated heterocycles. The van der Waals surface area contributed by atoms with Crippen LogP contribution in [-0.2, 0) is 0 Å². The third-order valence-electron chi connectivity index (χ3n) is 1.55. The Kier molecular flexibility index (Phi) is 7.26. The number of hydrogen-bond donors (Lipinski definition) is 0. The van der Waals surface area contributed by atoms with Gasteiger partial charge in [-0.3, -0.25) is 10.1 Å². The Bertz CT molecular complexity index is 418. The zero-order valence-corrected chi connectivity index (χ0v) is 13.4. The average molecular weight is 338 g/mol. The SMILES string of the molecule is O=[N+]([O-])c1ccc(Br)c(OC[B-](F)(F)F)c1.[K+]. The molecule has 0 aliphatic heterocycles. The van der Waals surface area contributed by atoms with E-state index < -0.39 is 18.4 Å². The van der Waals surface area contributed by atoms with Crippen LogP contribution >= 0.6 is 15.9 Å². The van der Waals surface area contributed by atoms with Gasteiger partial charge >= 0.3 is 58.4 Å². The second-order valence-corrected chi connectivity index (χ2v) is 3.75. The van der Waals surface area contributed by atoms with Crippen molar-refractivity contribution in [2.75, 3.05) is 6.51 Å². The minimum Gasteiger partial charge on any atom is -0.520 e. The fourth-order valence-corrected chi connectivity index (χ4v) is 1.26. The second kappa shape index (κ2) is 7.10. The molecule has 88 valence electrons. The molecule has 0 aliphatic rings. The largest absolute Gasteiger partial charge is 1.00 e. The van der Waals surface area contributed by atoms with Gasteiger partial charge in [-0.2, -0.15) is 0 Å². The zero-order valence-electron chi connectivity index (χ0n) is 8.70. The van der Waals surface area contributed by atoms with Crippen molar-refractivity contribution in [1.29, 1.82) is 0 Å². The van der Waals surface area contributed by atoms with Gasteiger partial charge in [0.2, 0.25) is 0 Å². The van der Waals surface area contributed by atoms with Gasteiger partial charge in [0.15, 0.2) is 0 Å². The number of nitro benzene ring substituents is 1. The van der Waals surface area contributed by atoms with Crippen LogP contribution < -0.4 is 56.1 Å². The van der Waals surface area contributed by atoms with E-state index in [1.54, 1.807) is 0 Å². The van der Waals surface area contributed by atoms with Gasteiger partial charge in [-0.1, -0.05) is 0 Å². The van der Waals surface area contributed by atoms with E-state index in [1.165, 1.54) is 6.07 Å². The van der Waals surface area contributed by atoms with Crippen LogP contribution in [0.5, 0.6) is 5.75 Å². The van der Waals surface area contributed by atoms with Gasteiger partial charge in [-0.05, 0) is 22.0 Å². The monoisotopic (exact) mass is 337 g/mol. The van der Waals surface area contributed by atoms with Crippen LogP contribution in [0.3, 0.4) is 0 Å². The molecule has 1 aromatic rings. The number of benzene rings is 1. The molecule has 0 saturated carbocycles. The first-order chi connectivity index (χ1) is 7.29. The molecule has 0 atom stereocenters. The van der Waals surface area contributed by atoms with Crippen LogP contribution in [0.15, 0.2) is 22.7 Å². The van der Waals surface area contributed by atoms with Crippen molar-refractivity contribution in [2.24, 2.45) is 0 Å². The minimum absolute atomic E-state index is 0. The summed E-state index contributed by atoms with van der Waals surface area (Å²) >= 11 is 2.94. The average Bonchev–Trinajstić information content (AvgIpc) is 2.14. The Morgan fingerprint density at radius 3 is 2.47 bits per heavy atom. The van der Waals surface area contributed by atoms with Gasteiger partial charge < -0.3 is 17.7 Å². The Morgan fingerprint density at radius 1 is 1.41 bits per heavy atom. The van der Waals surface area contributed by atoms with Crippen LogP contribution in [0, 0.1) is 10.1 Å². The first kappa shape index (κ1) is 17.4. The maximum absolute atomic E-state index is 11.9. The molecule has 0 bridgehead atoms. The summed E-state index contributed by atoms with van der Waals surface area (Å²) in [5, 5.41) is 10.4. The molecule has 0 aliphatic carbocycles. The van der Waals surface area contributed by atoms with E-state index >= 15 is 0 Å². The third-order valence-corrected chi connectivity index (χ3v) is 2.21. The van der Waals surface area contributed by atoms with Crippen molar-refractivity contribution >= 4 is 28.6 Å². The molecule has 1 rings (SSSR count). The normalized spacial score (nSPS) is 10.6. The minimum atomic E-state index is -5.08. The van der Waals surface area contributed by atoms with Gasteiger partial charge in [0.05, 0.1) is 22.0 Å². The topological polar surface area (TPSA) is 52.4 Å². The Morgan fingerprint density at radius 2 is 2.00 bits per heavy atom. The van der Waals surface area contributed by atoms with E-state index in [2.05, 4.69) is 20.7 Å². The number of halogens is 4. The molecule has 10 heteroatoms. The molecule has 0 aromatic heterocycles. The summed E-state index contributed by atoms with van der Waals surface area (Å²) in [5.41, 5.74) is -0.326. The van der Waals surface area contributed by atoms with Crippen LogP contribution in [0.1, 0.15) is 0 Å². The molecular weight excluding hydrogens is 333 g/mol. The summed E-state index contributed by atoms with van der Waals surface area (Å²) in [4.78, 5) is 9.67. The van der Waals surface area contributed by atoms with E-state index in [9.17, 15) is 23.1 Å². The quantitative estimate of drug-likeness (QED) is 0.446. The smallest absolute Gasteiger partial charge is 0.520 e. The molecule has 0 radical (unpaired) electrons. The van der Waals surface area contributed by atoms with Crippen LogP contribution in [0.2, 0.25) is 0 Å². The molecule has 0 spiro atoms. The number of ether oxygens (including phenoxy) is 1. The first-order valence-corrected chi connectivity index (χ1v) is 4.86. The maximum atomic E-state index is 11.9. The van der Waals surface area contributed by atoms with Crippen molar-refractivity contribution in [2.45, 2.75) is 0 Å². The number of rotatable bonds is 4. The summed E-state index contributed by atoms with van der Waals surface area (Å²) in [6, 6.07) is 3.36. The third kappa shape index (κ3) is 6.20. The summed E-state index contributed by atoms with van der Waals surface area (Å²) in [6.45, 7) is -6.52. The van der Waals surface area contributed by atoms with Crippen molar-refractivity contribution < 1.29 is 74.0 Å². The fourth-order valence-electron chi connectivity index (χ4n) is 0.900. The van der Waals surface area contributed by atoms with Crippen molar-refractivity contribution in [3.8, 4) is 5.75 Å². The van der Waals surface area contributed by atoms with E-state index in [1.807, 2.05) is 0 Å². The molecule has 4 nitrogen and oxygen atoms in total. The van der Waals surface area contributed by atoms with Gasteiger partial charge in [0.25, 0.3) is 5.69 Å². The summed E-state index contributed by atoms with van der Waals surface area (Å²) < 4.78 is 40.4. The van der Waals surface area contributed by atoms with Crippen LogP contribution in [0.4, 0.5) is 18.6 Å². The van der Waals surface area contributed by atoms with Gasteiger partial charge in [0, 0.05) is 6.07 Å². The predicted octanol–water partition coefficient (Wildman–Crippen LogP) is 0.127. The van der Waals surface area contributed by atoms with Crippen molar-refractivity contribution in [3.05, 3.63) is 32.8 Å². The molecular formula is C7H5BBrF3KNO3. The Labute approximate surface area is 146 Å².